The van der Waals surface area contributed by atoms with Crippen LogP contribution in [-0.4, -0.2) is 55.5 Å². The van der Waals surface area contributed by atoms with Gasteiger partial charge in [0.05, 0.1) is 5.75 Å². The molecule has 0 spiro atoms. The van der Waals surface area contributed by atoms with Crippen molar-refractivity contribution in [2.24, 2.45) is 0 Å². The van der Waals surface area contributed by atoms with Gasteiger partial charge in [0.1, 0.15) is 0 Å². The number of carbonyl (C=O) groups excluding carboxylic acids is 1. The van der Waals surface area contributed by atoms with Crippen molar-refractivity contribution in [1.29, 1.82) is 0 Å². The Labute approximate surface area is 132 Å². The van der Waals surface area contributed by atoms with Crippen LogP contribution >= 0.6 is 0 Å². The molecule has 0 saturated heterocycles. The molecule has 1 heterocycles. The lowest BCUT2D eigenvalue weighted by Crippen LogP contribution is -2.44. The molecule has 0 aromatic carbocycles. The molecule has 0 radical (unpaired) electrons. The molecule has 0 fully saturated rings. The lowest BCUT2D eigenvalue weighted by atomic mass is 10.1. The minimum absolute atomic E-state index is 0.0305. The number of hydrogen-bond donors (Lipinski definition) is 1. The molecular formula is C15H25N3O3S. The van der Waals surface area contributed by atoms with E-state index in [1.54, 1.807) is 25.1 Å². The smallest absolute Gasteiger partial charge is 0.317 e. The molecule has 2 amide bonds. The first-order chi connectivity index (χ1) is 10.2. The van der Waals surface area contributed by atoms with E-state index in [9.17, 15) is 13.2 Å². The Bertz CT molecular complexity index is 602. The van der Waals surface area contributed by atoms with Crippen molar-refractivity contribution in [2.45, 2.75) is 33.2 Å². The molecule has 124 valence electrons. The second-order valence-electron chi connectivity index (χ2n) is 5.46. The molecule has 0 saturated carbocycles. The molecule has 22 heavy (non-hydrogen) atoms. The van der Waals surface area contributed by atoms with Crippen LogP contribution in [0.4, 0.5) is 4.79 Å². The predicted molar refractivity (Wildman–Crippen MR) is 87.6 cm³/mol. The molecule has 1 rings (SSSR count). The maximum atomic E-state index is 12.0. The third kappa shape index (κ3) is 6.01. The Hall–Kier alpha value is -1.63. The number of carbonyl (C=O) groups is 1. The first-order valence-corrected chi connectivity index (χ1v) is 9.20. The Balaban J connectivity index is 2.48. The average Bonchev–Trinajstić information content (AvgIpc) is 2.46. The minimum Gasteiger partial charge on any atom is -0.337 e. The van der Waals surface area contributed by atoms with Gasteiger partial charge < -0.3 is 10.2 Å². The topological polar surface area (TPSA) is 79.4 Å². The predicted octanol–water partition coefficient (Wildman–Crippen LogP) is 1.40. The van der Waals surface area contributed by atoms with Crippen molar-refractivity contribution < 1.29 is 13.2 Å². The van der Waals surface area contributed by atoms with Crippen LogP contribution in [-0.2, 0) is 16.3 Å². The van der Waals surface area contributed by atoms with E-state index in [4.69, 9.17) is 0 Å². The standard InChI is InChI=1S/C15H25N3O3S/c1-5-22(20,21)9-8-17-15(19)18(4)13(3)11-14-10-12(2)6-7-16-14/h6-7,10,13H,5,8-9,11H2,1-4H3,(H,17,19)/t13-/m0/s1. The van der Waals surface area contributed by atoms with E-state index in [0.717, 1.165) is 11.3 Å². The maximum absolute atomic E-state index is 12.0. The van der Waals surface area contributed by atoms with Gasteiger partial charge in [0.25, 0.3) is 0 Å². The number of likely N-dealkylation sites (N-methyl/N-ethyl adjacent to an activating group) is 1. The summed E-state index contributed by atoms with van der Waals surface area (Å²) in [7, 11) is -1.36. The first-order valence-electron chi connectivity index (χ1n) is 7.37. The number of aromatic nitrogens is 1. The van der Waals surface area contributed by atoms with Crippen molar-refractivity contribution in [3.05, 3.63) is 29.6 Å². The van der Waals surface area contributed by atoms with E-state index in [2.05, 4.69) is 10.3 Å². The summed E-state index contributed by atoms with van der Waals surface area (Å²) in [4.78, 5) is 17.9. The quantitative estimate of drug-likeness (QED) is 0.821. The Morgan fingerprint density at radius 1 is 1.45 bits per heavy atom. The monoisotopic (exact) mass is 327 g/mol. The Kier molecular flexibility index (Phi) is 6.80. The highest BCUT2D eigenvalue weighted by Gasteiger charge is 2.17. The summed E-state index contributed by atoms with van der Waals surface area (Å²) < 4.78 is 22.8. The van der Waals surface area contributed by atoms with Gasteiger partial charge in [-0.3, -0.25) is 4.98 Å². The third-order valence-electron chi connectivity index (χ3n) is 3.59. The van der Waals surface area contributed by atoms with Crippen molar-refractivity contribution >= 4 is 15.9 Å². The van der Waals surface area contributed by atoms with Crippen molar-refractivity contribution in [3.63, 3.8) is 0 Å². The largest absolute Gasteiger partial charge is 0.337 e. The van der Waals surface area contributed by atoms with Crippen molar-refractivity contribution in [3.8, 4) is 0 Å². The molecule has 0 unspecified atom stereocenters. The van der Waals surface area contributed by atoms with E-state index in [-0.39, 0.29) is 30.1 Å². The highest BCUT2D eigenvalue weighted by atomic mass is 32.2. The van der Waals surface area contributed by atoms with Crippen LogP contribution in [0.25, 0.3) is 0 Å². The molecule has 0 aliphatic carbocycles. The zero-order valence-electron chi connectivity index (χ0n) is 13.7. The van der Waals surface area contributed by atoms with E-state index >= 15 is 0 Å². The van der Waals surface area contributed by atoms with Gasteiger partial charge in [-0.15, -0.1) is 0 Å². The maximum Gasteiger partial charge on any atom is 0.317 e. The number of nitrogens with zero attached hydrogens (tertiary/aromatic N) is 2. The van der Waals surface area contributed by atoms with Gasteiger partial charge in [0.15, 0.2) is 9.84 Å². The van der Waals surface area contributed by atoms with Crippen LogP contribution in [0.1, 0.15) is 25.1 Å². The van der Waals surface area contributed by atoms with Gasteiger partial charge in [0.2, 0.25) is 0 Å². The minimum atomic E-state index is -3.06. The number of aryl methyl sites for hydroxylation is 1. The fourth-order valence-corrected chi connectivity index (χ4v) is 2.63. The lowest BCUT2D eigenvalue weighted by molar-refractivity contribution is 0.194. The summed E-state index contributed by atoms with van der Waals surface area (Å²) >= 11 is 0. The van der Waals surface area contributed by atoms with E-state index in [1.807, 2.05) is 26.0 Å². The molecule has 1 N–H and O–H groups in total. The summed E-state index contributed by atoms with van der Waals surface area (Å²) in [5.74, 6) is 0.0606. The highest BCUT2D eigenvalue weighted by molar-refractivity contribution is 7.91. The fraction of sp³-hybridized carbons (Fsp3) is 0.600. The normalized spacial score (nSPS) is 12.7. The molecule has 1 atom stereocenters. The number of amides is 2. The number of sulfone groups is 1. The number of rotatable bonds is 7. The molecule has 0 bridgehead atoms. The van der Waals surface area contributed by atoms with Gasteiger partial charge >= 0.3 is 6.03 Å². The summed E-state index contributed by atoms with van der Waals surface area (Å²) in [6.07, 6.45) is 2.41. The lowest BCUT2D eigenvalue weighted by Gasteiger charge is -2.25. The molecular weight excluding hydrogens is 302 g/mol. The molecule has 7 heteroatoms. The first kappa shape index (κ1) is 18.4. The van der Waals surface area contributed by atoms with Crippen molar-refractivity contribution in [1.82, 2.24) is 15.2 Å². The van der Waals surface area contributed by atoms with Crippen LogP contribution in [0.2, 0.25) is 0 Å². The van der Waals surface area contributed by atoms with E-state index in [0.29, 0.717) is 6.42 Å². The third-order valence-corrected chi connectivity index (χ3v) is 5.29. The highest BCUT2D eigenvalue weighted by Crippen LogP contribution is 2.07. The van der Waals surface area contributed by atoms with Gasteiger partial charge in [-0.2, -0.15) is 0 Å². The van der Waals surface area contributed by atoms with Crippen LogP contribution < -0.4 is 5.32 Å². The van der Waals surface area contributed by atoms with Crippen LogP contribution in [0.5, 0.6) is 0 Å². The van der Waals surface area contributed by atoms with Crippen LogP contribution in [0.3, 0.4) is 0 Å². The molecule has 0 aliphatic rings. The van der Waals surface area contributed by atoms with E-state index in [1.165, 1.54) is 0 Å². The second kappa shape index (κ2) is 8.12. The summed E-state index contributed by atoms with van der Waals surface area (Å²) in [6, 6.07) is 3.62. The number of nitrogens with one attached hydrogen (secondary N) is 1. The number of pyridine rings is 1. The van der Waals surface area contributed by atoms with Gasteiger partial charge in [0, 0.05) is 43.7 Å². The molecule has 1 aromatic rings. The number of hydrogen-bond acceptors (Lipinski definition) is 4. The van der Waals surface area contributed by atoms with Crippen LogP contribution in [0.15, 0.2) is 18.3 Å². The van der Waals surface area contributed by atoms with E-state index < -0.39 is 9.84 Å². The van der Waals surface area contributed by atoms with Gasteiger partial charge in [-0.25, -0.2) is 13.2 Å². The molecule has 0 aliphatic heterocycles. The summed E-state index contributed by atoms with van der Waals surface area (Å²) in [5.41, 5.74) is 2.06. The number of urea groups is 1. The zero-order chi connectivity index (χ0) is 16.8. The average molecular weight is 327 g/mol. The Morgan fingerprint density at radius 2 is 2.14 bits per heavy atom. The molecule has 6 nitrogen and oxygen atoms in total. The summed E-state index contributed by atoms with van der Waals surface area (Å²) in [5, 5.41) is 2.64. The summed E-state index contributed by atoms with van der Waals surface area (Å²) in [6.45, 7) is 5.67. The zero-order valence-corrected chi connectivity index (χ0v) is 14.5. The van der Waals surface area contributed by atoms with Crippen molar-refractivity contribution in [2.75, 3.05) is 25.1 Å². The fourth-order valence-electron chi connectivity index (χ4n) is 1.93. The molecule has 1 aromatic heterocycles. The second-order valence-corrected chi connectivity index (χ2v) is 7.93. The Morgan fingerprint density at radius 3 is 2.73 bits per heavy atom. The van der Waals surface area contributed by atoms with Gasteiger partial charge in [-0.05, 0) is 31.5 Å². The van der Waals surface area contributed by atoms with Gasteiger partial charge in [-0.1, -0.05) is 6.92 Å². The van der Waals surface area contributed by atoms with Crippen LogP contribution in [0, 0.1) is 6.92 Å². The SMILES string of the molecule is CCS(=O)(=O)CCNC(=O)N(C)[C@@H](C)Cc1cc(C)ccn1.